The number of ether oxygens (including phenoxy) is 1. The summed E-state index contributed by atoms with van der Waals surface area (Å²) in [6.07, 6.45) is 23.3. The Morgan fingerprint density at radius 3 is 2.32 bits per heavy atom. The van der Waals surface area contributed by atoms with Gasteiger partial charge in [-0.15, -0.1) is 0 Å². The fraction of sp³-hybridized carbons (Fsp3) is 0.529. The second kappa shape index (κ2) is 22.6. The summed E-state index contributed by atoms with van der Waals surface area (Å²) in [5, 5.41) is 15.8. The molecule has 1 amide bonds. The number of rotatable bonds is 23. The summed E-state index contributed by atoms with van der Waals surface area (Å²) >= 11 is 5.90. The van der Waals surface area contributed by atoms with Gasteiger partial charge in [-0.2, -0.15) is 9.97 Å². The van der Waals surface area contributed by atoms with Crippen molar-refractivity contribution in [2.24, 2.45) is 0 Å². The number of nitrogen functional groups attached to an aromatic ring is 1. The fourth-order valence-electron chi connectivity index (χ4n) is 4.86. The van der Waals surface area contributed by atoms with Gasteiger partial charge in [-0.3, -0.25) is 18.4 Å². The first-order valence-corrected chi connectivity index (χ1v) is 18.9. The zero-order valence-electron chi connectivity index (χ0n) is 28.7. The third-order valence-corrected chi connectivity index (χ3v) is 9.25. The minimum atomic E-state index is -3.88. The number of carbonyl (C=O) groups is 1. The SMILES string of the molecule is CC/C=C\C/C=C\C/C=C\C/C=C\C/C=C\CCCC(=O)NCCNP(=O)(OCC)OC[C@H]1OC(n2cnc3c(N)nc(Cl)nc32)[C@@H](F)[C@@H]1O. The highest BCUT2D eigenvalue weighted by Gasteiger charge is 2.47. The van der Waals surface area contributed by atoms with Crippen molar-refractivity contribution in [3.63, 3.8) is 0 Å². The van der Waals surface area contributed by atoms with Gasteiger partial charge in [-0.05, 0) is 63.5 Å². The number of alkyl halides is 1. The Morgan fingerprint density at radius 2 is 1.68 bits per heavy atom. The molecule has 3 heterocycles. The monoisotopic (exact) mass is 737 g/mol. The Bertz CT molecular complexity index is 1530. The first-order valence-electron chi connectivity index (χ1n) is 17.0. The number of allylic oxidation sites excluding steroid dienone is 10. The van der Waals surface area contributed by atoms with Crippen LogP contribution in [0.1, 0.15) is 71.4 Å². The molecule has 0 spiro atoms. The topological polar surface area (TPSA) is 176 Å². The normalized spacial score (nSPS) is 21.2. The smallest absolute Gasteiger partial charge is 0.387 e. The van der Waals surface area contributed by atoms with Crippen LogP contribution in [0.4, 0.5) is 10.2 Å². The van der Waals surface area contributed by atoms with E-state index in [9.17, 15) is 14.5 Å². The molecule has 3 rings (SSSR count). The summed E-state index contributed by atoms with van der Waals surface area (Å²) in [6.45, 7) is 3.63. The van der Waals surface area contributed by atoms with Crippen molar-refractivity contribution in [3.8, 4) is 0 Å². The van der Waals surface area contributed by atoms with Gasteiger partial charge in [0.05, 0.1) is 19.5 Å². The van der Waals surface area contributed by atoms with E-state index < -0.39 is 39.0 Å². The van der Waals surface area contributed by atoms with E-state index in [4.69, 9.17) is 31.1 Å². The lowest BCUT2D eigenvalue weighted by atomic mass is 10.1. The number of imidazole rings is 1. The molecule has 0 aliphatic carbocycles. The summed E-state index contributed by atoms with van der Waals surface area (Å²) in [5.74, 6) is -0.122. The van der Waals surface area contributed by atoms with Crippen LogP contribution in [0.25, 0.3) is 11.2 Å². The van der Waals surface area contributed by atoms with Crippen molar-refractivity contribution >= 4 is 42.2 Å². The molecule has 1 aliphatic rings. The van der Waals surface area contributed by atoms with Gasteiger partial charge in [0.2, 0.25) is 11.2 Å². The molecule has 5 atom stereocenters. The van der Waals surface area contributed by atoms with E-state index in [-0.39, 0.29) is 47.9 Å². The molecular weight excluding hydrogens is 688 g/mol. The number of unbranched alkanes of at least 4 members (excludes halogenated alkanes) is 1. The average molecular weight is 738 g/mol. The Morgan fingerprint density at radius 1 is 1.04 bits per heavy atom. The number of nitrogens with zero attached hydrogens (tertiary/aromatic N) is 4. The van der Waals surface area contributed by atoms with Gasteiger partial charge in [0.25, 0.3) is 0 Å². The van der Waals surface area contributed by atoms with Crippen molar-refractivity contribution in [2.45, 2.75) is 89.8 Å². The maximum absolute atomic E-state index is 15.1. The minimum absolute atomic E-state index is 0.00819. The Labute approximate surface area is 298 Å². The molecule has 0 aromatic carbocycles. The zero-order valence-corrected chi connectivity index (χ0v) is 30.4. The van der Waals surface area contributed by atoms with Crippen molar-refractivity contribution in [1.29, 1.82) is 0 Å². The third-order valence-electron chi connectivity index (χ3n) is 7.38. The van der Waals surface area contributed by atoms with Gasteiger partial charge >= 0.3 is 7.75 Å². The van der Waals surface area contributed by atoms with Crippen molar-refractivity contribution in [1.82, 2.24) is 29.9 Å². The summed E-state index contributed by atoms with van der Waals surface area (Å²) in [7, 11) is -3.88. The van der Waals surface area contributed by atoms with E-state index in [1.165, 1.54) is 10.9 Å². The molecule has 16 heteroatoms. The maximum atomic E-state index is 15.1. The highest BCUT2D eigenvalue weighted by atomic mass is 35.5. The van der Waals surface area contributed by atoms with E-state index in [0.717, 1.165) is 38.5 Å². The molecule has 13 nitrogen and oxygen atoms in total. The van der Waals surface area contributed by atoms with Crippen molar-refractivity contribution in [2.75, 3.05) is 32.0 Å². The molecule has 50 heavy (non-hydrogen) atoms. The van der Waals surface area contributed by atoms with Crippen LogP contribution in [-0.4, -0.2) is 75.2 Å². The Balaban J connectivity index is 1.30. The van der Waals surface area contributed by atoms with Gasteiger partial charge in [0, 0.05) is 19.5 Å². The molecule has 1 saturated heterocycles. The van der Waals surface area contributed by atoms with E-state index in [0.29, 0.717) is 12.8 Å². The summed E-state index contributed by atoms with van der Waals surface area (Å²) in [6, 6.07) is 0. The lowest BCUT2D eigenvalue weighted by Crippen LogP contribution is -2.33. The van der Waals surface area contributed by atoms with Crippen LogP contribution in [0.15, 0.2) is 67.1 Å². The molecule has 2 aromatic heterocycles. The molecule has 2 unspecified atom stereocenters. The van der Waals surface area contributed by atoms with Gasteiger partial charge < -0.3 is 20.9 Å². The minimum Gasteiger partial charge on any atom is -0.387 e. The number of fused-ring (bicyclic) bond motifs is 1. The molecule has 0 saturated carbocycles. The number of halogens is 2. The zero-order chi connectivity index (χ0) is 36.2. The highest BCUT2D eigenvalue weighted by molar-refractivity contribution is 7.51. The van der Waals surface area contributed by atoms with E-state index >= 15 is 4.39 Å². The van der Waals surface area contributed by atoms with Crippen LogP contribution in [0.2, 0.25) is 5.28 Å². The molecule has 276 valence electrons. The standard InChI is InChI=1S/C34H50ClFN7O6P/c1-3-5-6-7-8-9-10-11-12-13-14-15-16-17-18-19-20-21-27(44)38-22-23-40-50(46,47-4-2)48-24-26-30(45)28(36)33(49-26)43-25-39-29-31(37)41-34(35)42-32(29)43/h5-6,8-9,11-12,14-15,17-18,25-26,28,30,33,45H,3-4,7,10,13,16,19-24H2,1-2H3,(H,38,44)(H,40,46)(H2,37,41,42)/b6-5-,9-8-,12-11-,15-14-,18-17-/t26-,28+,30-,33?,50?/m1/s1. The number of aliphatic hydroxyl groups excluding tert-OH is 1. The molecule has 0 bridgehead atoms. The number of aliphatic hydroxyl groups is 1. The number of nitrogens with two attached hydrogens (primary N) is 1. The predicted molar refractivity (Wildman–Crippen MR) is 194 cm³/mol. The Kier molecular flexibility index (Phi) is 18.6. The lowest BCUT2D eigenvalue weighted by Gasteiger charge is -2.21. The fourth-order valence-corrected chi connectivity index (χ4v) is 6.36. The van der Waals surface area contributed by atoms with Crippen LogP contribution >= 0.6 is 19.3 Å². The average Bonchev–Trinajstić information content (AvgIpc) is 3.63. The highest BCUT2D eigenvalue weighted by Crippen LogP contribution is 2.45. The lowest BCUT2D eigenvalue weighted by molar-refractivity contribution is -0.121. The number of nitrogens with one attached hydrogen (secondary N) is 2. The van der Waals surface area contributed by atoms with Crippen LogP contribution in [-0.2, 0) is 23.1 Å². The number of carbonyl (C=O) groups excluding carboxylic acids is 1. The summed E-state index contributed by atoms with van der Waals surface area (Å²) in [5.41, 5.74) is 6.15. The third kappa shape index (κ3) is 13.8. The van der Waals surface area contributed by atoms with Gasteiger partial charge in [0.15, 0.2) is 23.9 Å². The van der Waals surface area contributed by atoms with Crippen LogP contribution < -0.4 is 16.1 Å². The van der Waals surface area contributed by atoms with E-state index in [2.05, 4.69) is 93.0 Å². The first kappa shape index (κ1) is 41.2. The van der Waals surface area contributed by atoms with Crippen LogP contribution in [0, 0.1) is 0 Å². The van der Waals surface area contributed by atoms with Gasteiger partial charge in [-0.25, -0.2) is 19.0 Å². The quantitative estimate of drug-likeness (QED) is 0.0427. The number of aromatic nitrogens is 4. The Hall–Kier alpha value is -3.23. The molecule has 2 aromatic rings. The van der Waals surface area contributed by atoms with E-state index in [1.807, 2.05) is 0 Å². The van der Waals surface area contributed by atoms with E-state index in [1.54, 1.807) is 6.92 Å². The van der Waals surface area contributed by atoms with Gasteiger partial charge in [0.1, 0.15) is 17.7 Å². The van der Waals surface area contributed by atoms with Crippen molar-refractivity contribution < 1.29 is 32.6 Å². The second-order valence-electron chi connectivity index (χ2n) is 11.3. The van der Waals surface area contributed by atoms with Crippen LogP contribution in [0.3, 0.4) is 0 Å². The second-order valence-corrected chi connectivity index (χ2v) is 13.4. The van der Waals surface area contributed by atoms with Crippen LogP contribution in [0.5, 0.6) is 0 Å². The number of hydrogen-bond acceptors (Lipinski definition) is 10. The molecule has 0 radical (unpaired) electrons. The first-order chi connectivity index (χ1) is 24.2. The largest absolute Gasteiger partial charge is 0.405 e. The predicted octanol–water partition coefficient (Wildman–Crippen LogP) is 6.45. The van der Waals surface area contributed by atoms with Crippen molar-refractivity contribution in [3.05, 3.63) is 72.4 Å². The molecule has 1 fully saturated rings. The summed E-state index contributed by atoms with van der Waals surface area (Å²) in [4.78, 5) is 24.2. The molecular formula is C34H50ClFN7O6P. The number of amides is 1. The number of anilines is 1. The molecule has 5 N–H and O–H groups in total. The van der Waals surface area contributed by atoms with Gasteiger partial charge in [-0.1, -0.05) is 67.7 Å². The maximum Gasteiger partial charge on any atom is 0.405 e. The number of hydrogen-bond donors (Lipinski definition) is 4. The summed E-state index contributed by atoms with van der Waals surface area (Å²) < 4.78 is 46.1. The molecule has 1 aliphatic heterocycles.